The van der Waals surface area contributed by atoms with Gasteiger partial charge in [0.2, 0.25) is 0 Å². The average molecular weight is 399 g/mol. The molecule has 0 aliphatic rings. The van der Waals surface area contributed by atoms with Crippen LogP contribution in [0.5, 0.6) is 17.2 Å². The zero-order chi connectivity index (χ0) is 21.2. The van der Waals surface area contributed by atoms with Crippen LogP contribution in [0.15, 0.2) is 42.5 Å². The van der Waals surface area contributed by atoms with E-state index >= 15 is 0 Å². The maximum atomic E-state index is 5.99. The summed E-state index contributed by atoms with van der Waals surface area (Å²) in [6, 6.07) is 13.7. The molecule has 5 heteroatoms. The molecule has 0 spiro atoms. The maximum absolute atomic E-state index is 5.99. The number of imidazole rings is 1. The Hall–Kier alpha value is -2.69. The van der Waals surface area contributed by atoms with Gasteiger partial charge in [0.15, 0.2) is 0 Å². The standard InChI is InChI=1S/C22H28N2O3.C2H6/c1-5-11-26-19-9-10-21-20(13-19)23-22(24(21)14-16(2)3)15-27-18-8-6-7-17(12-18)25-4;1-2/h6-10,12-13,16H,5,11,14-15H2,1-4H3;1-2H3. The van der Waals surface area contributed by atoms with E-state index in [4.69, 9.17) is 19.2 Å². The first-order valence-corrected chi connectivity index (χ1v) is 10.5. The summed E-state index contributed by atoms with van der Waals surface area (Å²) in [6.07, 6.45) is 0.986. The minimum Gasteiger partial charge on any atom is -0.497 e. The van der Waals surface area contributed by atoms with E-state index in [0.29, 0.717) is 19.1 Å². The SMILES string of the molecule is CC.CCCOc1ccc2c(c1)nc(COc1cccc(OC)c1)n2CC(C)C. The second kappa shape index (κ2) is 11.3. The van der Waals surface area contributed by atoms with Crippen LogP contribution < -0.4 is 14.2 Å². The highest BCUT2D eigenvalue weighted by atomic mass is 16.5. The third-order valence-electron chi connectivity index (χ3n) is 4.23. The van der Waals surface area contributed by atoms with E-state index in [2.05, 4.69) is 31.4 Å². The third-order valence-corrected chi connectivity index (χ3v) is 4.23. The second-order valence-corrected chi connectivity index (χ2v) is 7.00. The molecular weight excluding hydrogens is 364 g/mol. The van der Waals surface area contributed by atoms with Crippen LogP contribution in [0.25, 0.3) is 11.0 Å². The number of benzene rings is 2. The van der Waals surface area contributed by atoms with E-state index in [1.165, 1.54) is 0 Å². The van der Waals surface area contributed by atoms with E-state index in [9.17, 15) is 0 Å². The Morgan fingerprint density at radius 2 is 1.69 bits per heavy atom. The van der Waals surface area contributed by atoms with E-state index < -0.39 is 0 Å². The van der Waals surface area contributed by atoms with Gasteiger partial charge in [0.05, 0.1) is 24.8 Å². The van der Waals surface area contributed by atoms with E-state index in [1.54, 1.807) is 7.11 Å². The molecule has 158 valence electrons. The summed E-state index contributed by atoms with van der Waals surface area (Å²) in [5.74, 6) is 3.83. The van der Waals surface area contributed by atoms with Crippen molar-refractivity contribution in [3.8, 4) is 17.2 Å². The molecule has 29 heavy (non-hydrogen) atoms. The van der Waals surface area contributed by atoms with Crippen molar-refractivity contribution in [1.29, 1.82) is 0 Å². The zero-order valence-corrected chi connectivity index (χ0v) is 18.6. The topological polar surface area (TPSA) is 45.5 Å². The van der Waals surface area contributed by atoms with Gasteiger partial charge in [0.1, 0.15) is 29.7 Å². The summed E-state index contributed by atoms with van der Waals surface area (Å²) >= 11 is 0. The molecule has 3 aromatic rings. The maximum Gasteiger partial charge on any atom is 0.148 e. The lowest BCUT2D eigenvalue weighted by atomic mass is 10.2. The number of fused-ring (bicyclic) bond motifs is 1. The lowest BCUT2D eigenvalue weighted by Gasteiger charge is -2.13. The predicted octanol–water partition coefficient (Wildman–Crippen LogP) is 6.09. The second-order valence-electron chi connectivity index (χ2n) is 7.00. The van der Waals surface area contributed by atoms with Crippen molar-refractivity contribution < 1.29 is 14.2 Å². The van der Waals surface area contributed by atoms with Crippen LogP contribution in [-0.2, 0) is 13.2 Å². The molecule has 5 nitrogen and oxygen atoms in total. The van der Waals surface area contributed by atoms with Gasteiger partial charge < -0.3 is 18.8 Å². The minimum atomic E-state index is 0.402. The first-order valence-electron chi connectivity index (χ1n) is 10.5. The molecule has 3 rings (SSSR count). The van der Waals surface area contributed by atoms with Gasteiger partial charge in [-0.3, -0.25) is 0 Å². The number of nitrogens with zero attached hydrogens (tertiary/aromatic N) is 2. The van der Waals surface area contributed by atoms with E-state index in [1.807, 2.05) is 50.2 Å². The Morgan fingerprint density at radius 3 is 2.38 bits per heavy atom. The molecule has 0 saturated carbocycles. The van der Waals surface area contributed by atoms with Crippen LogP contribution >= 0.6 is 0 Å². The van der Waals surface area contributed by atoms with Gasteiger partial charge >= 0.3 is 0 Å². The Labute approximate surface area is 174 Å². The molecule has 0 saturated heterocycles. The number of methoxy groups -OCH3 is 1. The van der Waals surface area contributed by atoms with E-state index in [-0.39, 0.29) is 0 Å². The van der Waals surface area contributed by atoms with Crippen LogP contribution in [0, 0.1) is 5.92 Å². The summed E-state index contributed by atoms with van der Waals surface area (Å²) in [5, 5.41) is 0. The molecule has 0 radical (unpaired) electrons. The van der Waals surface area contributed by atoms with Crippen molar-refractivity contribution in [3.63, 3.8) is 0 Å². The Kier molecular flexibility index (Phi) is 8.84. The van der Waals surface area contributed by atoms with Crippen molar-refractivity contribution in [1.82, 2.24) is 9.55 Å². The first kappa shape index (κ1) is 22.6. The summed E-state index contributed by atoms with van der Waals surface area (Å²) in [6.45, 7) is 12.5. The van der Waals surface area contributed by atoms with Gasteiger partial charge in [-0.05, 0) is 36.6 Å². The molecule has 1 heterocycles. The van der Waals surface area contributed by atoms with Gasteiger partial charge in [-0.1, -0.05) is 40.7 Å². The lowest BCUT2D eigenvalue weighted by Crippen LogP contribution is -2.11. The van der Waals surface area contributed by atoms with Crippen LogP contribution in [0.2, 0.25) is 0 Å². The van der Waals surface area contributed by atoms with Crippen LogP contribution in [0.4, 0.5) is 0 Å². The zero-order valence-electron chi connectivity index (χ0n) is 18.6. The minimum absolute atomic E-state index is 0.402. The molecule has 2 aromatic carbocycles. The van der Waals surface area contributed by atoms with Crippen LogP contribution in [0.3, 0.4) is 0 Å². The normalized spacial score (nSPS) is 10.6. The molecule has 0 bridgehead atoms. The first-order chi connectivity index (χ1) is 14.1. The molecule has 0 N–H and O–H groups in total. The summed E-state index contributed by atoms with van der Waals surface area (Å²) in [4.78, 5) is 4.82. The molecular formula is C24H34N2O3. The highest BCUT2D eigenvalue weighted by Crippen LogP contribution is 2.25. The van der Waals surface area contributed by atoms with Crippen molar-refractivity contribution in [2.75, 3.05) is 13.7 Å². The number of hydrogen-bond donors (Lipinski definition) is 0. The fourth-order valence-corrected chi connectivity index (χ4v) is 2.99. The van der Waals surface area contributed by atoms with Crippen molar-refractivity contribution in [3.05, 3.63) is 48.3 Å². The van der Waals surface area contributed by atoms with Crippen LogP contribution in [-0.4, -0.2) is 23.3 Å². The molecule has 0 fully saturated rings. The van der Waals surface area contributed by atoms with Gasteiger partial charge in [-0.25, -0.2) is 4.98 Å². The quantitative estimate of drug-likeness (QED) is 0.437. The summed E-state index contributed by atoms with van der Waals surface area (Å²) in [7, 11) is 1.65. The smallest absolute Gasteiger partial charge is 0.148 e. The monoisotopic (exact) mass is 398 g/mol. The highest BCUT2D eigenvalue weighted by molar-refractivity contribution is 5.77. The fourth-order valence-electron chi connectivity index (χ4n) is 2.99. The number of hydrogen-bond acceptors (Lipinski definition) is 4. The molecule has 0 aliphatic heterocycles. The highest BCUT2D eigenvalue weighted by Gasteiger charge is 2.14. The summed E-state index contributed by atoms with van der Waals surface area (Å²) < 4.78 is 19.2. The van der Waals surface area contributed by atoms with E-state index in [0.717, 1.165) is 47.1 Å². The van der Waals surface area contributed by atoms with Gasteiger partial charge in [0, 0.05) is 18.7 Å². The van der Waals surface area contributed by atoms with Gasteiger partial charge in [0.25, 0.3) is 0 Å². The third kappa shape index (κ3) is 6.14. The number of ether oxygens (including phenoxy) is 3. The van der Waals surface area contributed by atoms with Crippen LogP contribution in [0.1, 0.15) is 46.9 Å². The average Bonchev–Trinajstić information content (AvgIpc) is 3.08. The van der Waals surface area contributed by atoms with Gasteiger partial charge in [-0.15, -0.1) is 0 Å². The molecule has 0 aliphatic carbocycles. The van der Waals surface area contributed by atoms with Crippen molar-refractivity contribution in [2.45, 2.75) is 54.2 Å². The Balaban J connectivity index is 0.00000145. The molecule has 1 aromatic heterocycles. The Morgan fingerprint density at radius 1 is 0.966 bits per heavy atom. The van der Waals surface area contributed by atoms with Crippen molar-refractivity contribution in [2.24, 2.45) is 5.92 Å². The lowest BCUT2D eigenvalue weighted by molar-refractivity contribution is 0.285. The number of aromatic nitrogens is 2. The summed E-state index contributed by atoms with van der Waals surface area (Å²) in [5.41, 5.74) is 2.05. The Bertz CT molecular complexity index is 887. The molecule has 0 unspecified atom stereocenters. The number of rotatable bonds is 9. The fraction of sp³-hybridized carbons (Fsp3) is 0.458. The molecule has 0 atom stereocenters. The predicted molar refractivity (Wildman–Crippen MR) is 119 cm³/mol. The van der Waals surface area contributed by atoms with Crippen molar-refractivity contribution >= 4 is 11.0 Å². The van der Waals surface area contributed by atoms with Gasteiger partial charge in [-0.2, -0.15) is 0 Å². The molecule has 0 amide bonds. The largest absolute Gasteiger partial charge is 0.497 e.